The van der Waals surface area contributed by atoms with Crippen molar-refractivity contribution in [3.63, 3.8) is 0 Å². The lowest BCUT2D eigenvalue weighted by Gasteiger charge is -2.16. The summed E-state index contributed by atoms with van der Waals surface area (Å²) in [6, 6.07) is 21.4. The van der Waals surface area contributed by atoms with Crippen molar-refractivity contribution in [3.05, 3.63) is 72.3 Å². The molecular weight excluding hydrogens is 382 g/mol. The van der Waals surface area contributed by atoms with E-state index in [1.54, 1.807) is 12.4 Å². The maximum Gasteiger partial charge on any atom is 0.313 e. The zero-order chi connectivity index (χ0) is 21.1. The highest BCUT2D eigenvalue weighted by Crippen LogP contribution is 2.56. The van der Waals surface area contributed by atoms with Gasteiger partial charge < -0.3 is 9.47 Å². The predicted octanol–water partition coefficient (Wildman–Crippen LogP) is 4.25. The van der Waals surface area contributed by atoms with Gasteiger partial charge in [0.25, 0.3) is 0 Å². The fraction of sp³-hybridized carbons (Fsp3) is 0.250. The van der Waals surface area contributed by atoms with E-state index >= 15 is 0 Å². The molecule has 0 aromatic heterocycles. The van der Waals surface area contributed by atoms with Gasteiger partial charge >= 0.3 is 5.97 Å². The molecular formula is C24H23NO5. The maximum absolute atomic E-state index is 12.5. The Morgan fingerprint density at radius 3 is 2.53 bits per heavy atom. The van der Waals surface area contributed by atoms with Crippen molar-refractivity contribution in [1.82, 2.24) is 5.48 Å². The van der Waals surface area contributed by atoms with Crippen LogP contribution in [0, 0.1) is 11.3 Å². The first-order valence-electron chi connectivity index (χ1n) is 9.93. The van der Waals surface area contributed by atoms with Gasteiger partial charge in [0.15, 0.2) is 0 Å². The highest BCUT2D eigenvalue weighted by Gasteiger charge is 2.64. The average molecular weight is 405 g/mol. The molecule has 3 aromatic carbocycles. The maximum atomic E-state index is 12.5. The minimum atomic E-state index is -0.930. The van der Waals surface area contributed by atoms with Crippen molar-refractivity contribution in [2.24, 2.45) is 11.3 Å². The third kappa shape index (κ3) is 3.74. The van der Waals surface area contributed by atoms with Crippen LogP contribution in [0.15, 0.2) is 66.7 Å². The molecule has 1 saturated carbocycles. The summed E-state index contributed by atoms with van der Waals surface area (Å²) in [6.07, 6.45) is 0.713. The molecule has 154 valence electrons. The van der Waals surface area contributed by atoms with E-state index in [1.165, 1.54) is 0 Å². The third-order valence-electron chi connectivity index (χ3n) is 5.60. The lowest BCUT2D eigenvalue weighted by molar-refractivity contribution is -0.152. The molecule has 6 heteroatoms. The second-order valence-corrected chi connectivity index (χ2v) is 7.51. The van der Waals surface area contributed by atoms with Crippen molar-refractivity contribution in [2.75, 3.05) is 6.61 Å². The van der Waals surface area contributed by atoms with Crippen LogP contribution < -0.4 is 10.2 Å². The van der Waals surface area contributed by atoms with E-state index in [0.29, 0.717) is 18.6 Å². The number of benzene rings is 3. The molecule has 0 aliphatic heterocycles. The second-order valence-electron chi connectivity index (χ2n) is 7.51. The number of nitrogens with one attached hydrogen (secondary N) is 1. The van der Waals surface area contributed by atoms with Crippen molar-refractivity contribution in [3.8, 4) is 11.5 Å². The Bertz CT molecular complexity index is 1070. The van der Waals surface area contributed by atoms with Crippen molar-refractivity contribution < 1.29 is 24.3 Å². The molecule has 1 aliphatic rings. The molecule has 0 heterocycles. The molecule has 1 aliphatic carbocycles. The van der Waals surface area contributed by atoms with Crippen LogP contribution in [0.3, 0.4) is 0 Å². The van der Waals surface area contributed by atoms with E-state index in [0.717, 1.165) is 22.1 Å². The van der Waals surface area contributed by atoms with Gasteiger partial charge in [0.1, 0.15) is 11.5 Å². The van der Waals surface area contributed by atoms with Gasteiger partial charge in [-0.25, -0.2) is 5.48 Å². The van der Waals surface area contributed by atoms with E-state index in [-0.39, 0.29) is 6.61 Å². The van der Waals surface area contributed by atoms with Crippen molar-refractivity contribution in [2.45, 2.75) is 19.8 Å². The third-order valence-corrected chi connectivity index (χ3v) is 5.60. The van der Waals surface area contributed by atoms with Crippen LogP contribution in [0.5, 0.6) is 11.5 Å². The summed E-state index contributed by atoms with van der Waals surface area (Å²) in [5.74, 6) is -0.103. The van der Waals surface area contributed by atoms with Crippen LogP contribution in [0.2, 0.25) is 0 Å². The van der Waals surface area contributed by atoms with Gasteiger partial charge in [-0.3, -0.25) is 14.8 Å². The van der Waals surface area contributed by atoms with Crippen LogP contribution >= 0.6 is 0 Å². The SMILES string of the molecule is CCOC(=O)C1(Cc2ccc(Oc3cccc4ccccc34)cc2)CC1C(=O)NO. The molecule has 2 unspecified atom stereocenters. The second kappa shape index (κ2) is 8.16. The van der Waals surface area contributed by atoms with E-state index in [9.17, 15) is 9.59 Å². The summed E-state index contributed by atoms with van der Waals surface area (Å²) in [4.78, 5) is 24.4. The summed E-state index contributed by atoms with van der Waals surface area (Å²) >= 11 is 0. The van der Waals surface area contributed by atoms with Gasteiger partial charge in [-0.05, 0) is 48.9 Å². The lowest BCUT2D eigenvalue weighted by Crippen LogP contribution is -2.30. The van der Waals surface area contributed by atoms with Gasteiger partial charge in [-0.15, -0.1) is 0 Å². The Balaban J connectivity index is 1.51. The summed E-state index contributed by atoms with van der Waals surface area (Å²) in [7, 11) is 0. The normalized spacial score (nSPS) is 19.9. The Morgan fingerprint density at radius 1 is 1.07 bits per heavy atom. The molecule has 4 rings (SSSR count). The number of carbonyl (C=O) groups is 2. The minimum absolute atomic E-state index is 0.242. The van der Waals surface area contributed by atoms with Gasteiger partial charge in [0.2, 0.25) is 5.91 Å². The molecule has 3 aromatic rings. The number of amides is 1. The number of ether oxygens (including phenoxy) is 2. The topological polar surface area (TPSA) is 84.9 Å². The summed E-state index contributed by atoms with van der Waals surface area (Å²) < 4.78 is 11.3. The van der Waals surface area contributed by atoms with E-state index < -0.39 is 23.2 Å². The first-order chi connectivity index (χ1) is 14.6. The molecule has 1 amide bonds. The molecule has 0 spiro atoms. The monoisotopic (exact) mass is 405 g/mol. The number of hydroxylamine groups is 1. The van der Waals surface area contributed by atoms with Crippen molar-refractivity contribution >= 4 is 22.6 Å². The Kier molecular flexibility index (Phi) is 5.42. The predicted molar refractivity (Wildman–Crippen MR) is 111 cm³/mol. The molecule has 6 nitrogen and oxygen atoms in total. The number of carbonyl (C=O) groups excluding carboxylic acids is 2. The summed E-state index contributed by atoms with van der Waals surface area (Å²) in [5.41, 5.74) is 1.61. The molecule has 0 radical (unpaired) electrons. The van der Waals surface area contributed by atoms with E-state index in [4.69, 9.17) is 14.7 Å². The zero-order valence-corrected chi connectivity index (χ0v) is 16.6. The number of rotatable bonds is 7. The Hall–Kier alpha value is -3.38. The average Bonchev–Trinajstić information content (AvgIpc) is 3.50. The summed E-state index contributed by atoms with van der Waals surface area (Å²) in [5, 5.41) is 11.1. The first kappa shape index (κ1) is 19.9. The fourth-order valence-corrected chi connectivity index (χ4v) is 3.95. The quantitative estimate of drug-likeness (QED) is 0.349. The number of hydrogen-bond acceptors (Lipinski definition) is 5. The van der Waals surface area contributed by atoms with Crippen LogP contribution in [0.1, 0.15) is 18.9 Å². The number of fused-ring (bicyclic) bond motifs is 1. The van der Waals surface area contributed by atoms with Crippen LogP contribution in [0.25, 0.3) is 10.8 Å². The van der Waals surface area contributed by atoms with Gasteiger partial charge in [0, 0.05) is 5.39 Å². The number of esters is 1. The zero-order valence-electron chi connectivity index (χ0n) is 16.6. The molecule has 2 atom stereocenters. The van der Waals surface area contributed by atoms with E-state index in [1.807, 2.05) is 66.7 Å². The molecule has 0 bridgehead atoms. The lowest BCUT2D eigenvalue weighted by atomic mass is 9.93. The molecule has 2 N–H and O–H groups in total. The standard InChI is InChI=1S/C24H23NO5/c1-2-29-23(27)24(15-20(24)22(26)25-28)14-16-10-12-18(13-11-16)30-21-9-5-7-17-6-3-4-8-19(17)21/h3-13,20,28H,2,14-15H2,1H3,(H,25,26). The fourth-order valence-electron chi connectivity index (χ4n) is 3.95. The Labute approximate surface area is 174 Å². The smallest absolute Gasteiger partial charge is 0.313 e. The van der Waals surface area contributed by atoms with Crippen molar-refractivity contribution in [1.29, 1.82) is 0 Å². The van der Waals surface area contributed by atoms with Crippen LogP contribution in [-0.4, -0.2) is 23.7 Å². The largest absolute Gasteiger partial charge is 0.466 e. The van der Waals surface area contributed by atoms with Gasteiger partial charge in [0.05, 0.1) is 17.9 Å². The van der Waals surface area contributed by atoms with Crippen LogP contribution in [0.4, 0.5) is 0 Å². The highest BCUT2D eigenvalue weighted by molar-refractivity contribution is 5.93. The first-order valence-corrected chi connectivity index (χ1v) is 9.93. The van der Waals surface area contributed by atoms with Gasteiger partial charge in [-0.2, -0.15) is 0 Å². The molecule has 1 fully saturated rings. The molecule has 0 saturated heterocycles. The van der Waals surface area contributed by atoms with E-state index in [2.05, 4.69) is 0 Å². The minimum Gasteiger partial charge on any atom is -0.466 e. The Morgan fingerprint density at radius 2 is 1.80 bits per heavy atom. The molecule has 30 heavy (non-hydrogen) atoms. The van der Waals surface area contributed by atoms with Gasteiger partial charge in [-0.1, -0.05) is 48.5 Å². The van der Waals surface area contributed by atoms with Crippen LogP contribution in [-0.2, 0) is 20.7 Å². The summed E-state index contributed by atoms with van der Waals surface area (Å²) in [6.45, 7) is 1.97. The highest BCUT2D eigenvalue weighted by atomic mass is 16.5. The number of hydrogen-bond donors (Lipinski definition) is 2.